The number of carbonyl (C=O) groups excluding carboxylic acids is 1. The zero-order valence-electron chi connectivity index (χ0n) is 7.99. The van der Waals surface area contributed by atoms with Crippen LogP contribution in [0.1, 0.15) is 26.2 Å². The van der Waals surface area contributed by atoms with Crippen molar-refractivity contribution in [3.63, 3.8) is 0 Å². The maximum atomic E-state index is 10.5. The predicted molar refractivity (Wildman–Crippen MR) is 51.2 cm³/mol. The van der Waals surface area contributed by atoms with E-state index in [1.165, 1.54) is 0 Å². The Labute approximate surface area is 78.8 Å². The van der Waals surface area contributed by atoms with E-state index in [1.807, 2.05) is 6.08 Å². The van der Waals surface area contributed by atoms with E-state index in [4.69, 9.17) is 5.11 Å². The lowest BCUT2D eigenvalue weighted by Gasteiger charge is -2.19. The van der Waals surface area contributed by atoms with Crippen LogP contribution in [0.25, 0.3) is 0 Å². The molecular formula is C10H17NO2. The molecule has 0 aromatic heterocycles. The molecule has 0 amide bonds. The molecule has 2 unspecified atom stereocenters. The standard InChI is InChI=1S/C10H17NO2/c1-8(13)6-11-10-4-2-3-9(5-10)7-12/h5,7-9,11,13H,2-4,6H2,1H3. The largest absolute Gasteiger partial charge is 0.392 e. The van der Waals surface area contributed by atoms with Crippen LogP contribution in [-0.2, 0) is 4.79 Å². The maximum Gasteiger partial charge on any atom is 0.126 e. The maximum absolute atomic E-state index is 10.5. The van der Waals surface area contributed by atoms with Crippen molar-refractivity contribution in [2.24, 2.45) is 5.92 Å². The van der Waals surface area contributed by atoms with Crippen LogP contribution in [0.4, 0.5) is 0 Å². The molecule has 0 heterocycles. The Morgan fingerprint density at radius 1 is 1.85 bits per heavy atom. The van der Waals surface area contributed by atoms with Gasteiger partial charge in [-0.1, -0.05) is 6.08 Å². The Bertz CT molecular complexity index is 199. The highest BCUT2D eigenvalue weighted by Gasteiger charge is 2.12. The summed E-state index contributed by atoms with van der Waals surface area (Å²) in [5.74, 6) is 0.0743. The van der Waals surface area contributed by atoms with Gasteiger partial charge in [-0.05, 0) is 26.2 Å². The average Bonchev–Trinajstić information content (AvgIpc) is 2.15. The molecule has 1 aliphatic carbocycles. The van der Waals surface area contributed by atoms with Crippen molar-refractivity contribution in [2.45, 2.75) is 32.3 Å². The van der Waals surface area contributed by atoms with Crippen molar-refractivity contribution < 1.29 is 9.90 Å². The van der Waals surface area contributed by atoms with E-state index in [1.54, 1.807) is 6.92 Å². The van der Waals surface area contributed by atoms with E-state index in [2.05, 4.69) is 5.32 Å². The normalized spacial score (nSPS) is 24.8. The SMILES string of the molecule is CC(O)CNC1=CC(C=O)CCC1. The molecule has 74 valence electrons. The highest BCUT2D eigenvalue weighted by Crippen LogP contribution is 2.19. The Kier molecular flexibility index (Phi) is 3.96. The van der Waals surface area contributed by atoms with Crippen LogP contribution >= 0.6 is 0 Å². The van der Waals surface area contributed by atoms with Gasteiger partial charge in [-0.25, -0.2) is 0 Å². The van der Waals surface area contributed by atoms with Gasteiger partial charge in [-0.3, -0.25) is 0 Å². The lowest BCUT2D eigenvalue weighted by Crippen LogP contribution is -2.25. The summed E-state index contributed by atoms with van der Waals surface area (Å²) in [7, 11) is 0. The Morgan fingerprint density at radius 2 is 2.62 bits per heavy atom. The molecule has 2 N–H and O–H groups in total. The first-order valence-electron chi connectivity index (χ1n) is 4.80. The molecule has 0 saturated carbocycles. The molecule has 3 heteroatoms. The molecule has 0 spiro atoms. The summed E-state index contributed by atoms with van der Waals surface area (Å²) in [6.07, 6.45) is 5.64. The minimum absolute atomic E-state index is 0.0743. The van der Waals surface area contributed by atoms with Gasteiger partial charge in [0.2, 0.25) is 0 Å². The molecule has 1 aliphatic rings. The zero-order chi connectivity index (χ0) is 9.68. The molecule has 0 bridgehead atoms. The zero-order valence-corrected chi connectivity index (χ0v) is 7.99. The van der Waals surface area contributed by atoms with Crippen LogP contribution in [0, 0.1) is 5.92 Å². The Balaban J connectivity index is 2.39. The number of nitrogens with one attached hydrogen (secondary N) is 1. The molecule has 0 fully saturated rings. The summed E-state index contributed by atoms with van der Waals surface area (Å²) in [5.41, 5.74) is 1.10. The first-order valence-corrected chi connectivity index (χ1v) is 4.80. The van der Waals surface area contributed by atoms with Crippen LogP contribution in [0.15, 0.2) is 11.8 Å². The monoisotopic (exact) mass is 183 g/mol. The van der Waals surface area contributed by atoms with Crippen molar-refractivity contribution in [3.05, 3.63) is 11.8 Å². The van der Waals surface area contributed by atoms with Gasteiger partial charge in [-0.2, -0.15) is 0 Å². The van der Waals surface area contributed by atoms with Gasteiger partial charge >= 0.3 is 0 Å². The minimum Gasteiger partial charge on any atom is -0.392 e. The molecule has 2 atom stereocenters. The highest BCUT2D eigenvalue weighted by atomic mass is 16.3. The second-order valence-electron chi connectivity index (χ2n) is 3.61. The van der Waals surface area contributed by atoms with Crippen molar-refractivity contribution in [1.82, 2.24) is 5.32 Å². The molecule has 0 radical (unpaired) electrons. The fraction of sp³-hybridized carbons (Fsp3) is 0.700. The summed E-state index contributed by atoms with van der Waals surface area (Å²) in [6.45, 7) is 2.31. The summed E-state index contributed by atoms with van der Waals surface area (Å²) < 4.78 is 0. The lowest BCUT2D eigenvalue weighted by atomic mass is 9.95. The molecule has 0 aromatic carbocycles. The number of aliphatic hydroxyl groups excluding tert-OH is 1. The van der Waals surface area contributed by atoms with Gasteiger partial charge in [0, 0.05) is 18.2 Å². The first kappa shape index (κ1) is 10.3. The van der Waals surface area contributed by atoms with E-state index in [-0.39, 0.29) is 12.0 Å². The van der Waals surface area contributed by atoms with Crippen molar-refractivity contribution in [2.75, 3.05) is 6.54 Å². The molecule has 0 aliphatic heterocycles. The van der Waals surface area contributed by atoms with Crippen LogP contribution in [0.2, 0.25) is 0 Å². The quantitative estimate of drug-likeness (QED) is 0.635. The topological polar surface area (TPSA) is 49.3 Å². The lowest BCUT2D eigenvalue weighted by molar-refractivity contribution is -0.110. The van der Waals surface area contributed by atoms with Gasteiger partial charge < -0.3 is 15.2 Å². The molecular weight excluding hydrogens is 166 g/mol. The molecule has 0 saturated heterocycles. The van der Waals surface area contributed by atoms with Crippen molar-refractivity contribution >= 4 is 6.29 Å². The van der Waals surface area contributed by atoms with Crippen LogP contribution in [0.3, 0.4) is 0 Å². The van der Waals surface area contributed by atoms with Crippen LogP contribution < -0.4 is 5.32 Å². The number of hydrogen-bond acceptors (Lipinski definition) is 3. The average molecular weight is 183 g/mol. The van der Waals surface area contributed by atoms with Gasteiger partial charge in [0.1, 0.15) is 6.29 Å². The molecule has 3 nitrogen and oxygen atoms in total. The first-order chi connectivity index (χ1) is 6.22. The summed E-state index contributed by atoms with van der Waals surface area (Å²) in [4.78, 5) is 10.5. The molecule has 13 heavy (non-hydrogen) atoms. The second-order valence-corrected chi connectivity index (χ2v) is 3.61. The van der Waals surface area contributed by atoms with E-state index in [9.17, 15) is 4.79 Å². The third kappa shape index (κ3) is 3.59. The number of aliphatic hydroxyl groups is 1. The second kappa shape index (κ2) is 5.02. The summed E-state index contributed by atoms with van der Waals surface area (Å²) in [5, 5.41) is 12.2. The number of allylic oxidation sites excluding steroid dienone is 2. The van der Waals surface area contributed by atoms with Gasteiger partial charge in [0.25, 0.3) is 0 Å². The highest BCUT2D eigenvalue weighted by molar-refractivity contribution is 5.57. The van der Waals surface area contributed by atoms with Gasteiger partial charge in [-0.15, -0.1) is 0 Å². The Morgan fingerprint density at radius 3 is 3.23 bits per heavy atom. The smallest absolute Gasteiger partial charge is 0.126 e. The number of carbonyl (C=O) groups is 1. The van der Waals surface area contributed by atoms with E-state index in [0.717, 1.165) is 31.2 Å². The third-order valence-electron chi connectivity index (χ3n) is 2.20. The minimum atomic E-state index is -0.336. The van der Waals surface area contributed by atoms with Crippen molar-refractivity contribution in [3.8, 4) is 0 Å². The van der Waals surface area contributed by atoms with E-state index < -0.39 is 0 Å². The number of rotatable bonds is 4. The third-order valence-corrected chi connectivity index (χ3v) is 2.20. The summed E-state index contributed by atoms with van der Waals surface area (Å²) in [6, 6.07) is 0. The summed E-state index contributed by atoms with van der Waals surface area (Å²) >= 11 is 0. The van der Waals surface area contributed by atoms with Gasteiger partial charge in [0.15, 0.2) is 0 Å². The Hall–Kier alpha value is -0.830. The van der Waals surface area contributed by atoms with Gasteiger partial charge in [0.05, 0.1) is 6.10 Å². The van der Waals surface area contributed by atoms with Crippen LogP contribution in [0.5, 0.6) is 0 Å². The van der Waals surface area contributed by atoms with Crippen molar-refractivity contribution in [1.29, 1.82) is 0 Å². The molecule has 0 aromatic rings. The fourth-order valence-corrected chi connectivity index (χ4v) is 1.49. The van der Waals surface area contributed by atoms with E-state index in [0.29, 0.717) is 6.54 Å². The van der Waals surface area contributed by atoms with E-state index >= 15 is 0 Å². The fourth-order valence-electron chi connectivity index (χ4n) is 1.49. The number of hydrogen-bond donors (Lipinski definition) is 2. The van der Waals surface area contributed by atoms with Crippen LogP contribution in [-0.4, -0.2) is 24.0 Å². The number of aldehydes is 1. The molecule has 1 rings (SSSR count). The predicted octanol–water partition coefficient (Wildman–Crippen LogP) is 0.840.